The Morgan fingerprint density at radius 2 is 2.12 bits per heavy atom. The van der Waals surface area contributed by atoms with Gasteiger partial charge in [0.25, 0.3) is 0 Å². The molecule has 8 heteroatoms. The van der Waals surface area contributed by atoms with Crippen LogP contribution in [0.3, 0.4) is 0 Å². The molecular formula is C8H3ClF3N3O. The number of alkyl halides is 3. The van der Waals surface area contributed by atoms with Gasteiger partial charge in [-0.3, -0.25) is 9.89 Å². The van der Waals surface area contributed by atoms with Crippen LogP contribution < -0.4 is 0 Å². The van der Waals surface area contributed by atoms with E-state index in [0.29, 0.717) is 0 Å². The number of aromatic nitrogens is 3. The standard InChI is InChI=1S/C8H3ClF3N3O/c9-5-1-3-6(4(2-16)13-5)7(15-14-3)8(10,11)12/h1-2H,(H,14,15). The largest absolute Gasteiger partial charge is 0.433 e. The highest BCUT2D eigenvalue weighted by Crippen LogP contribution is 2.34. The smallest absolute Gasteiger partial charge is 0.296 e. The summed E-state index contributed by atoms with van der Waals surface area (Å²) < 4.78 is 37.6. The molecule has 2 aromatic rings. The number of carbonyl (C=O) groups is 1. The SMILES string of the molecule is O=Cc1nc(Cl)cc2n[nH]c(C(F)(F)F)c12. The number of hydrogen-bond donors (Lipinski definition) is 1. The molecule has 0 spiro atoms. The lowest BCUT2D eigenvalue weighted by Crippen LogP contribution is -2.07. The number of nitrogens with one attached hydrogen (secondary N) is 1. The molecule has 84 valence electrons. The first-order valence-corrected chi connectivity index (χ1v) is 4.38. The molecule has 4 nitrogen and oxygen atoms in total. The molecular weight excluding hydrogens is 247 g/mol. The highest BCUT2D eigenvalue weighted by atomic mass is 35.5. The number of fused-ring (bicyclic) bond motifs is 1. The summed E-state index contributed by atoms with van der Waals surface area (Å²) >= 11 is 5.52. The van der Waals surface area contributed by atoms with Gasteiger partial charge in [0, 0.05) is 6.07 Å². The molecule has 0 fully saturated rings. The van der Waals surface area contributed by atoms with Gasteiger partial charge in [-0.2, -0.15) is 18.3 Å². The number of carbonyl (C=O) groups excluding carboxylic acids is 1. The minimum atomic E-state index is -4.62. The van der Waals surface area contributed by atoms with Crippen LogP contribution in [0.4, 0.5) is 13.2 Å². The van der Waals surface area contributed by atoms with E-state index in [2.05, 4.69) is 10.1 Å². The number of nitrogens with zero attached hydrogens (tertiary/aromatic N) is 2. The molecule has 0 bridgehead atoms. The first-order valence-electron chi connectivity index (χ1n) is 4.00. The van der Waals surface area contributed by atoms with Gasteiger partial charge in [-0.15, -0.1) is 0 Å². The van der Waals surface area contributed by atoms with Gasteiger partial charge in [-0.25, -0.2) is 4.98 Å². The second-order valence-corrected chi connectivity index (χ2v) is 3.33. The lowest BCUT2D eigenvalue weighted by molar-refractivity contribution is -0.139. The summed E-state index contributed by atoms with van der Waals surface area (Å²) in [5.41, 5.74) is -1.54. The summed E-state index contributed by atoms with van der Waals surface area (Å²) in [6.07, 6.45) is -4.42. The lowest BCUT2D eigenvalue weighted by atomic mass is 10.2. The van der Waals surface area contributed by atoms with Crippen LogP contribution >= 0.6 is 11.6 Å². The first-order chi connectivity index (χ1) is 7.43. The number of H-pyrrole nitrogens is 1. The molecule has 0 atom stereocenters. The number of rotatable bonds is 1. The third kappa shape index (κ3) is 1.63. The molecule has 0 saturated heterocycles. The molecule has 2 rings (SSSR count). The molecule has 0 saturated carbocycles. The molecule has 2 heterocycles. The van der Waals surface area contributed by atoms with Crippen LogP contribution in [0.15, 0.2) is 6.07 Å². The van der Waals surface area contributed by atoms with Crippen LogP contribution in [-0.4, -0.2) is 21.5 Å². The van der Waals surface area contributed by atoms with E-state index >= 15 is 0 Å². The summed E-state index contributed by atoms with van der Waals surface area (Å²) in [6.45, 7) is 0. The molecule has 0 aliphatic heterocycles. The van der Waals surface area contributed by atoms with Crippen LogP contribution in [0.5, 0.6) is 0 Å². The highest BCUT2D eigenvalue weighted by molar-refractivity contribution is 6.30. The number of halogens is 4. The summed E-state index contributed by atoms with van der Waals surface area (Å²) in [6, 6.07) is 1.15. The number of pyridine rings is 1. The number of aromatic amines is 1. The van der Waals surface area contributed by atoms with Gasteiger partial charge in [-0.05, 0) is 0 Å². The van der Waals surface area contributed by atoms with Crippen LogP contribution in [0.2, 0.25) is 5.15 Å². The molecule has 2 aromatic heterocycles. The lowest BCUT2D eigenvalue weighted by Gasteiger charge is -2.04. The fourth-order valence-electron chi connectivity index (χ4n) is 1.33. The Kier molecular flexibility index (Phi) is 2.34. The summed E-state index contributed by atoms with van der Waals surface area (Å²) in [5, 5.41) is 4.79. The Morgan fingerprint density at radius 1 is 1.44 bits per heavy atom. The summed E-state index contributed by atoms with van der Waals surface area (Å²) in [5.74, 6) is 0. The third-order valence-electron chi connectivity index (χ3n) is 1.93. The maximum atomic E-state index is 12.5. The zero-order valence-electron chi connectivity index (χ0n) is 7.47. The number of aldehydes is 1. The predicted octanol–water partition coefficient (Wildman–Crippen LogP) is 2.44. The van der Waals surface area contributed by atoms with E-state index in [1.54, 1.807) is 0 Å². The van der Waals surface area contributed by atoms with E-state index in [9.17, 15) is 18.0 Å². The predicted molar refractivity (Wildman–Crippen MR) is 49.3 cm³/mol. The fourth-order valence-corrected chi connectivity index (χ4v) is 1.52. The zero-order chi connectivity index (χ0) is 11.9. The normalized spacial score (nSPS) is 12.0. The summed E-state index contributed by atoms with van der Waals surface area (Å²) in [7, 11) is 0. The zero-order valence-corrected chi connectivity index (χ0v) is 8.23. The van der Waals surface area contributed by atoms with E-state index < -0.39 is 11.9 Å². The van der Waals surface area contributed by atoms with Crippen molar-refractivity contribution in [3.8, 4) is 0 Å². The average molecular weight is 250 g/mol. The van der Waals surface area contributed by atoms with Crippen LogP contribution in [-0.2, 0) is 6.18 Å². The van der Waals surface area contributed by atoms with Crippen LogP contribution in [0.25, 0.3) is 10.9 Å². The molecule has 0 aliphatic carbocycles. The minimum absolute atomic E-state index is 0.0468. The Bertz CT molecular complexity index is 563. The van der Waals surface area contributed by atoms with Crippen molar-refractivity contribution in [2.24, 2.45) is 0 Å². The quantitative estimate of drug-likeness (QED) is 0.624. The minimum Gasteiger partial charge on any atom is -0.296 e. The molecule has 16 heavy (non-hydrogen) atoms. The Balaban J connectivity index is 2.85. The number of hydrogen-bond acceptors (Lipinski definition) is 3. The van der Waals surface area contributed by atoms with Crippen molar-refractivity contribution >= 4 is 28.8 Å². The molecule has 0 amide bonds. The maximum absolute atomic E-state index is 12.5. The van der Waals surface area contributed by atoms with Crippen molar-refractivity contribution in [1.29, 1.82) is 0 Å². The van der Waals surface area contributed by atoms with E-state index in [0.717, 1.165) is 6.07 Å². The van der Waals surface area contributed by atoms with Gasteiger partial charge in [0.15, 0.2) is 6.29 Å². The highest BCUT2D eigenvalue weighted by Gasteiger charge is 2.36. The Morgan fingerprint density at radius 3 is 2.69 bits per heavy atom. The molecule has 0 aliphatic rings. The Labute approximate surface area is 91.4 Å². The summed E-state index contributed by atoms with van der Waals surface area (Å²) in [4.78, 5) is 14.1. The second kappa shape index (κ2) is 3.44. The van der Waals surface area contributed by atoms with Gasteiger partial charge in [0.1, 0.15) is 16.5 Å². The third-order valence-corrected chi connectivity index (χ3v) is 2.12. The van der Waals surface area contributed by atoms with Crippen molar-refractivity contribution in [2.45, 2.75) is 6.18 Å². The van der Waals surface area contributed by atoms with Crippen molar-refractivity contribution in [3.05, 3.63) is 22.6 Å². The average Bonchev–Trinajstić information content (AvgIpc) is 2.59. The van der Waals surface area contributed by atoms with Gasteiger partial charge < -0.3 is 0 Å². The monoisotopic (exact) mass is 249 g/mol. The van der Waals surface area contributed by atoms with E-state index in [4.69, 9.17) is 11.6 Å². The van der Waals surface area contributed by atoms with E-state index in [1.807, 2.05) is 5.10 Å². The van der Waals surface area contributed by atoms with Gasteiger partial charge in [0.05, 0.1) is 10.9 Å². The van der Waals surface area contributed by atoms with Crippen molar-refractivity contribution in [2.75, 3.05) is 0 Å². The second-order valence-electron chi connectivity index (χ2n) is 2.94. The molecule has 1 N–H and O–H groups in total. The van der Waals surface area contributed by atoms with Crippen molar-refractivity contribution in [1.82, 2.24) is 15.2 Å². The van der Waals surface area contributed by atoms with Gasteiger partial charge in [0.2, 0.25) is 0 Å². The molecule has 0 unspecified atom stereocenters. The van der Waals surface area contributed by atoms with Crippen LogP contribution in [0, 0.1) is 0 Å². The topological polar surface area (TPSA) is 58.6 Å². The van der Waals surface area contributed by atoms with Gasteiger partial charge in [-0.1, -0.05) is 11.6 Å². The first kappa shape index (κ1) is 10.9. The Hall–Kier alpha value is -1.63. The van der Waals surface area contributed by atoms with Crippen molar-refractivity contribution < 1.29 is 18.0 Å². The van der Waals surface area contributed by atoms with Gasteiger partial charge >= 0.3 is 6.18 Å². The van der Waals surface area contributed by atoms with E-state index in [1.165, 1.54) is 0 Å². The van der Waals surface area contributed by atoms with Crippen molar-refractivity contribution in [3.63, 3.8) is 0 Å². The maximum Gasteiger partial charge on any atom is 0.433 e. The fraction of sp³-hybridized carbons (Fsp3) is 0.125. The van der Waals surface area contributed by atoms with E-state index in [-0.39, 0.29) is 28.0 Å². The van der Waals surface area contributed by atoms with Crippen LogP contribution in [0.1, 0.15) is 16.2 Å². The molecule has 0 radical (unpaired) electrons. The molecule has 0 aromatic carbocycles.